The Balaban J connectivity index is 1.50. The average molecular weight is 386 g/mol. The molecule has 0 aliphatic carbocycles. The zero-order valence-corrected chi connectivity index (χ0v) is 16.3. The van der Waals surface area contributed by atoms with Gasteiger partial charge in [-0.3, -0.25) is 9.59 Å². The van der Waals surface area contributed by atoms with Crippen LogP contribution in [0.5, 0.6) is 0 Å². The zero-order chi connectivity index (χ0) is 20.4. The Morgan fingerprint density at radius 2 is 1.76 bits per heavy atom. The summed E-state index contributed by atoms with van der Waals surface area (Å²) in [7, 11) is 0. The molecule has 0 radical (unpaired) electrons. The molecule has 0 saturated carbocycles. The minimum absolute atomic E-state index is 0.0817. The van der Waals surface area contributed by atoms with Crippen LogP contribution in [0.25, 0.3) is 5.70 Å². The third-order valence-corrected chi connectivity index (χ3v) is 5.13. The smallest absolute Gasteiger partial charge is 0.258 e. The summed E-state index contributed by atoms with van der Waals surface area (Å²) in [5.41, 5.74) is 4.03. The molecule has 0 N–H and O–H groups in total. The van der Waals surface area contributed by atoms with Crippen LogP contribution in [-0.2, 0) is 11.3 Å². The number of hydrogen-bond acceptors (Lipinski definition) is 3. The summed E-state index contributed by atoms with van der Waals surface area (Å²) in [4.78, 5) is 29.1. The Labute approximate surface area is 169 Å². The summed E-state index contributed by atoms with van der Waals surface area (Å²) in [6, 6.07) is 18.8. The first-order valence-electron chi connectivity index (χ1n) is 9.54. The second kappa shape index (κ2) is 7.80. The van der Waals surface area contributed by atoms with Crippen molar-refractivity contribution in [3.63, 3.8) is 0 Å². The number of rotatable bonds is 6. The van der Waals surface area contributed by atoms with Crippen LogP contribution in [0.4, 0.5) is 5.69 Å². The number of anilines is 1. The van der Waals surface area contributed by atoms with Crippen molar-refractivity contribution in [2.45, 2.75) is 19.9 Å². The summed E-state index contributed by atoms with van der Waals surface area (Å²) in [5.74, 6) is 0.515. The van der Waals surface area contributed by atoms with Gasteiger partial charge in [0.05, 0.1) is 12.8 Å². The van der Waals surface area contributed by atoms with Crippen molar-refractivity contribution >= 4 is 23.2 Å². The lowest BCUT2D eigenvalue weighted by molar-refractivity contribution is -0.118. The van der Waals surface area contributed by atoms with Gasteiger partial charge in [-0.25, -0.2) is 0 Å². The molecule has 0 unspecified atom stereocenters. The van der Waals surface area contributed by atoms with Crippen LogP contribution in [-0.4, -0.2) is 23.3 Å². The van der Waals surface area contributed by atoms with E-state index in [0.717, 1.165) is 16.8 Å². The van der Waals surface area contributed by atoms with Gasteiger partial charge in [0.2, 0.25) is 5.91 Å². The van der Waals surface area contributed by atoms with E-state index in [1.807, 2.05) is 55.5 Å². The Hall–Kier alpha value is -3.60. The monoisotopic (exact) mass is 386 g/mol. The highest BCUT2D eigenvalue weighted by Crippen LogP contribution is 2.31. The van der Waals surface area contributed by atoms with Gasteiger partial charge in [0.1, 0.15) is 5.76 Å². The second-order valence-electron chi connectivity index (χ2n) is 7.09. The first-order valence-corrected chi connectivity index (χ1v) is 9.54. The summed E-state index contributed by atoms with van der Waals surface area (Å²) in [5, 5.41) is 0. The van der Waals surface area contributed by atoms with E-state index in [0.29, 0.717) is 23.6 Å². The Morgan fingerprint density at radius 1 is 1.03 bits per heavy atom. The highest BCUT2D eigenvalue weighted by atomic mass is 16.3. The molecule has 29 heavy (non-hydrogen) atoms. The molecular formula is C24H22N2O3. The number of amides is 2. The van der Waals surface area contributed by atoms with Crippen molar-refractivity contribution in [3.8, 4) is 0 Å². The summed E-state index contributed by atoms with van der Waals surface area (Å²) >= 11 is 0. The van der Waals surface area contributed by atoms with Gasteiger partial charge < -0.3 is 14.2 Å². The van der Waals surface area contributed by atoms with Crippen LogP contribution >= 0.6 is 0 Å². The second-order valence-corrected chi connectivity index (χ2v) is 7.09. The lowest BCUT2D eigenvalue weighted by atomic mass is 10.1. The van der Waals surface area contributed by atoms with Crippen molar-refractivity contribution in [1.29, 1.82) is 0 Å². The zero-order valence-electron chi connectivity index (χ0n) is 16.3. The van der Waals surface area contributed by atoms with Gasteiger partial charge in [0.25, 0.3) is 5.91 Å². The Kier molecular flexibility index (Phi) is 5.04. The van der Waals surface area contributed by atoms with E-state index in [-0.39, 0.29) is 24.8 Å². The lowest BCUT2D eigenvalue weighted by Crippen LogP contribution is -2.34. The molecule has 1 aliphatic rings. The molecule has 2 aromatic carbocycles. The number of fused-ring (bicyclic) bond motifs is 1. The van der Waals surface area contributed by atoms with Crippen molar-refractivity contribution in [2.75, 3.05) is 11.4 Å². The van der Waals surface area contributed by atoms with Crippen molar-refractivity contribution in [2.24, 2.45) is 0 Å². The number of carbonyl (C=O) groups is 2. The van der Waals surface area contributed by atoms with E-state index in [1.54, 1.807) is 28.2 Å². The van der Waals surface area contributed by atoms with Crippen LogP contribution < -0.4 is 4.90 Å². The quantitative estimate of drug-likeness (QED) is 0.620. The van der Waals surface area contributed by atoms with Gasteiger partial charge in [-0.15, -0.1) is 0 Å². The van der Waals surface area contributed by atoms with Crippen molar-refractivity contribution in [1.82, 2.24) is 4.90 Å². The van der Waals surface area contributed by atoms with Crippen molar-refractivity contribution in [3.05, 3.63) is 96.0 Å². The highest BCUT2D eigenvalue weighted by molar-refractivity contribution is 6.09. The largest absolute Gasteiger partial charge is 0.467 e. The molecule has 0 atom stereocenters. The van der Waals surface area contributed by atoms with E-state index < -0.39 is 0 Å². The summed E-state index contributed by atoms with van der Waals surface area (Å²) < 4.78 is 5.44. The standard InChI is InChI=1S/C24H22N2O3/c1-17-9-11-19(12-10-17)26(16-20-6-5-15-29-20)23(27)13-14-25-18(2)21-7-3-4-8-22(21)24(25)28/h3-12,15H,2,13-14,16H2,1H3. The molecule has 0 spiro atoms. The van der Waals surface area contributed by atoms with Gasteiger partial charge in [0, 0.05) is 35.5 Å². The molecule has 1 aromatic heterocycles. The molecule has 3 aromatic rings. The highest BCUT2D eigenvalue weighted by Gasteiger charge is 2.31. The first-order chi connectivity index (χ1) is 14.0. The third kappa shape index (κ3) is 3.72. The molecule has 0 fully saturated rings. The number of carbonyl (C=O) groups excluding carboxylic acids is 2. The molecule has 2 heterocycles. The number of benzene rings is 2. The SMILES string of the molecule is C=C1c2ccccc2C(=O)N1CCC(=O)N(Cc1ccco1)c1ccc(C)cc1. The normalized spacial score (nSPS) is 12.9. The number of nitrogens with zero attached hydrogens (tertiary/aromatic N) is 2. The van der Waals surface area contributed by atoms with Crippen LogP contribution in [0, 0.1) is 6.92 Å². The molecule has 2 amide bonds. The molecule has 0 saturated heterocycles. The predicted molar refractivity (Wildman–Crippen MR) is 112 cm³/mol. The molecular weight excluding hydrogens is 364 g/mol. The van der Waals surface area contributed by atoms with E-state index in [9.17, 15) is 9.59 Å². The fraction of sp³-hybridized carbons (Fsp3) is 0.167. The molecule has 146 valence electrons. The topological polar surface area (TPSA) is 53.8 Å². The van der Waals surface area contributed by atoms with Crippen LogP contribution in [0.1, 0.15) is 33.7 Å². The maximum absolute atomic E-state index is 13.1. The Bertz CT molecular complexity index is 1020. The first kappa shape index (κ1) is 18.7. The molecule has 5 heteroatoms. The summed E-state index contributed by atoms with van der Waals surface area (Å²) in [6.07, 6.45) is 1.78. The maximum Gasteiger partial charge on any atom is 0.258 e. The Morgan fingerprint density at radius 3 is 2.41 bits per heavy atom. The minimum Gasteiger partial charge on any atom is -0.467 e. The minimum atomic E-state index is -0.105. The fourth-order valence-corrected chi connectivity index (χ4v) is 3.52. The van der Waals surface area contributed by atoms with Crippen molar-refractivity contribution < 1.29 is 14.0 Å². The van der Waals surface area contributed by atoms with Gasteiger partial charge in [-0.05, 0) is 37.3 Å². The van der Waals surface area contributed by atoms with Gasteiger partial charge in [-0.2, -0.15) is 0 Å². The summed E-state index contributed by atoms with van der Waals surface area (Å²) in [6.45, 7) is 6.67. The molecule has 4 rings (SSSR count). The fourth-order valence-electron chi connectivity index (χ4n) is 3.52. The van der Waals surface area contributed by atoms with Gasteiger partial charge in [0.15, 0.2) is 0 Å². The van der Waals surface area contributed by atoms with Gasteiger partial charge in [-0.1, -0.05) is 42.5 Å². The number of aryl methyl sites for hydroxylation is 1. The molecule has 0 bridgehead atoms. The van der Waals surface area contributed by atoms with E-state index in [4.69, 9.17) is 4.42 Å². The number of furan rings is 1. The van der Waals surface area contributed by atoms with Crippen LogP contribution in [0.15, 0.2) is 77.9 Å². The van der Waals surface area contributed by atoms with E-state index in [1.165, 1.54) is 0 Å². The third-order valence-electron chi connectivity index (χ3n) is 5.13. The van der Waals surface area contributed by atoms with E-state index >= 15 is 0 Å². The molecule has 5 nitrogen and oxygen atoms in total. The average Bonchev–Trinajstić information content (AvgIpc) is 3.33. The van der Waals surface area contributed by atoms with Crippen LogP contribution in [0.2, 0.25) is 0 Å². The predicted octanol–water partition coefficient (Wildman–Crippen LogP) is 4.64. The molecule has 1 aliphatic heterocycles. The maximum atomic E-state index is 13.1. The van der Waals surface area contributed by atoms with Crippen LogP contribution in [0.3, 0.4) is 0 Å². The lowest BCUT2D eigenvalue weighted by Gasteiger charge is -2.24. The van der Waals surface area contributed by atoms with Gasteiger partial charge >= 0.3 is 0 Å². The number of hydrogen-bond donors (Lipinski definition) is 0. The van der Waals surface area contributed by atoms with E-state index in [2.05, 4.69) is 6.58 Å².